The molecular formula is C10H13F2N3O2. The minimum atomic E-state index is -2.41. The molecule has 1 aromatic carbocycles. The Morgan fingerprint density at radius 1 is 1.53 bits per heavy atom. The summed E-state index contributed by atoms with van der Waals surface area (Å²) in [6.07, 6.45) is -2.41. The van der Waals surface area contributed by atoms with Gasteiger partial charge in [0.05, 0.1) is 11.5 Å². The van der Waals surface area contributed by atoms with Crippen molar-refractivity contribution in [3.05, 3.63) is 33.9 Å². The summed E-state index contributed by atoms with van der Waals surface area (Å²) in [7, 11) is 1.55. The zero-order valence-electron chi connectivity index (χ0n) is 9.27. The molecule has 0 aliphatic rings. The molecule has 94 valence electrons. The van der Waals surface area contributed by atoms with Gasteiger partial charge in [0.2, 0.25) is 0 Å². The average molecular weight is 245 g/mol. The second-order valence-corrected chi connectivity index (χ2v) is 3.74. The maximum Gasteiger partial charge on any atom is 0.292 e. The number of nitrogens with zero attached hydrogens (tertiary/aromatic N) is 2. The van der Waals surface area contributed by atoms with Crippen molar-refractivity contribution in [3.63, 3.8) is 0 Å². The molecule has 17 heavy (non-hydrogen) atoms. The number of benzene rings is 1. The molecule has 5 nitrogen and oxygen atoms in total. The summed E-state index contributed by atoms with van der Waals surface area (Å²) in [5.74, 6) is 0. The van der Waals surface area contributed by atoms with Gasteiger partial charge in [-0.2, -0.15) is 0 Å². The van der Waals surface area contributed by atoms with Gasteiger partial charge in [-0.1, -0.05) is 6.07 Å². The lowest BCUT2D eigenvalue weighted by Crippen LogP contribution is -2.24. The van der Waals surface area contributed by atoms with Gasteiger partial charge in [0.15, 0.2) is 0 Å². The fourth-order valence-corrected chi connectivity index (χ4v) is 1.48. The van der Waals surface area contributed by atoms with E-state index in [0.29, 0.717) is 5.56 Å². The maximum absolute atomic E-state index is 12.1. The molecular weight excluding hydrogens is 232 g/mol. The predicted octanol–water partition coefficient (Wildman–Crippen LogP) is 1.87. The molecule has 0 radical (unpaired) electrons. The third-order valence-corrected chi connectivity index (χ3v) is 2.19. The van der Waals surface area contributed by atoms with Crippen molar-refractivity contribution in [1.29, 1.82) is 0 Å². The highest BCUT2D eigenvalue weighted by Gasteiger charge is 2.13. The lowest BCUT2D eigenvalue weighted by atomic mass is 10.1. The number of hydrogen-bond donors (Lipinski definition) is 1. The van der Waals surface area contributed by atoms with Crippen LogP contribution < -0.4 is 5.73 Å². The predicted molar refractivity (Wildman–Crippen MR) is 59.8 cm³/mol. The van der Waals surface area contributed by atoms with Crippen LogP contribution >= 0.6 is 0 Å². The fourth-order valence-electron chi connectivity index (χ4n) is 1.48. The summed E-state index contributed by atoms with van der Waals surface area (Å²) in [4.78, 5) is 11.4. The van der Waals surface area contributed by atoms with Gasteiger partial charge in [-0.25, -0.2) is 8.78 Å². The quantitative estimate of drug-likeness (QED) is 0.488. The van der Waals surface area contributed by atoms with Crippen LogP contribution in [0.15, 0.2) is 18.2 Å². The minimum absolute atomic E-state index is 0.0398. The van der Waals surface area contributed by atoms with E-state index in [0.717, 1.165) is 0 Å². The van der Waals surface area contributed by atoms with Crippen molar-refractivity contribution in [2.75, 3.05) is 19.3 Å². The van der Waals surface area contributed by atoms with Crippen LogP contribution in [-0.2, 0) is 6.54 Å². The standard InChI is InChI=1S/C10H13F2N3O2/c1-14(6-10(11)12)5-7-2-3-9(15(16)17)8(13)4-7/h2-4,10H,5-6,13H2,1H3. The molecule has 0 unspecified atom stereocenters. The first kappa shape index (κ1) is 13.3. The normalized spacial score (nSPS) is 11.1. The first-order chi connectivity index (χ1) is 7.90. The van der Waals surface area contributed by atoms with Crippen molar-refractivity contribution >= 4 is 11.4 Å². The number of anilines is 1. The summed E-state index contributed by atoms with van der Waals surface area (Å²) < 4.78 is 24.2. The van der Waals surface area contributed by atoms with Crippen LogP contribution in [0.4, 0.5) is 20.2 Å². The van der Waals surface area contributed by atoms with Gasteiger partial charge in [0.1, 0.15) is 5.69 Å². The first-order valence-corrected chi connectivity index (χ1v) is 4.89. The number of nitrogen functional groups attached to an aromatic ring is 1. The van der Waals surface area contributed by atoms with Gasteiger partial charge in [0, 0.05) is 12.6 Å². The highest BCUT2D eigenvalue weighted by molar-refractivity contribution is 5.59. The largest absolute Gasteiger partial charge is 0.393 e. The van der Waals surface area contributed by atoms with Gasteiger partial charge < -0.3 is 5.73 Å². The Balaban J connectivity index is 2.74. The maximum atomic E-state index is 12.1. The van der Waals surface area contributed by atoms with Gasteiger partial charge in [-0.05, 0) is 18.7 Å². The molecule has 0 aromatic heterocycles. The third kappa shape index (κ3) is 3.95. The van der Waals surface area contributed by atoms with Crippen molar-refractivity contribution in [3.8, 4) is 0 Å². The second-order valence-electron chi connectivity index (χ2n) is 3.74. The van der Waals surface area contributed by atoms with E-state index in [9.17, 15) is 18.9 Å². The lowest BCUT2D eigenvalue weighted by molar-refractivity contribution is -0.383. The topological polar surface area (TPSA) is 72.4 Å². The Kier molecular flexibility index (Phi) is 4.33. The highest BCUT2D eigenvalue weighted by Crippen LogP contribution is 2.22. The van der Waals surface area contributed by atoms with Gasteiger partial charge in [-0.15, -0.1) is 0 Å². The Labute approximate surface area is 97.0 Å². The molecule has 2 N–H and O–H groups in total. The Bertz CT molecular complexity index is 413. The minimum Gasteiger partial charge on any atom is -0.393 e. The number of hydrogen-bond acceptors (Lipinski definition) is 4. The average Bonchev–Trinajstić information content (AvgIpc) is 2.15. The molecule has 0 heterocycles. The van der Waals surface area contributed by atoms with E-state index in [4.69, 9.17) is 5.73 Å². The monoisotopic (exact) mass is 245 g/mol. The van der Waals surface area contributed by atoms with Gasteiger partial charge >= 0.3 is 0 Å². The van der Waals surface area contributed by atoms with E-state index >= 15 is 0 Å². The molecule has 0 spiro atoms. The molecule has 7 heteroatoms. The smallest absolute Gasteiger partial charge is 0.292 e. The van der Waals surface area contributed by atoms with Crippen LogP contribution in [0, 0.1) is 10.1 Å². The summed E-state index contributed by atoms with van der Waals surface area (Å²) in [5, 5.41) is 10.5. The van der Waals surface area contributed by atoms with E-state index in [1.165, 1.54) is 23.1 Å². The number of halogens is 2. The molecule has 1 rings (SSSR count). The summed E-state index contributed by atoms with van der Waals surface area (Å²) >= 11 is 0. The van der Waals surface area contributed by atoms with Crippen LogP contribution in [0.2, 0.25) is 0 Å². The SMILES string of the molecule is CN(Cc1ccc([N+](=O)[O-])c(N)c1)CC(F)F. The second kappa shape index (κ2) is 5.53. The molecule has 0 fully saturated rings. The molecule has 1 aromatic rings. The van der Waals surface area contributed by atoms with E-state index < -0.39 is 11.3 Å². The Hall–Kier alpha value is -1.76. The van der Waals surface area contributed by atoms with Crippen LogP contribution in [-0.4, -0.2) is 29.8 Å². The summed E-state index contributed by atoms with van der Waals surface area (Å²) in [6, 6.07) is 4.22. The molecule has 0 saturated heterocycles. The molecule has 0 amide bonds. The summed E-state index contributed by atoms with van der Waals surface area (Å²) in [6.45, 7) is -0.0799. The van der Waals surface area contributed by atoms with E-state index in [-0.39, 0.29) is 24.5 Å². The zero-order chi connectivity index (χ0) is 13.0. The Morgan fingerprint density at radius 3 is 2.65 bits per heavy atom. The van der Waals surface area contributed by atoms with E-state index in [1.807, 2.05) is 0 Å². The van der Waals surface area contributed by atoms with E-state index in [2.05, 4.69) is 0 Å². The Morgan fingerprint density at radius 2 is 2.18 bits per heavy atom. The number of nitro benzene ring substituents is 1. The molecule has 0 bridgehead atoms. The summed E-state index contributed by atoms with van der Waals surface area (Å²) in [5.41, 5.74) is 6.02. The molecule has 0 saturated carbocycles. The zero-order valence-corrected chi connectivity index (χ0v) is 9.27. The molecule has 0 atom stereocenters. The number of nitro groups is 1. The molecule has 0 aliphatic heterocycles. The fraction of sp³-hybridized carbons (Fsp3) is 0.400. The van der Waals surface area contributed by atoms with Crippen molar-refractivity contribution < 1.29 is 13.7 Å². The number of rotatable bonds is 5. The van der Waals surface area contributed by atoms with Crippen LogP contribution in [0.5, 0.6) is 0 Å². The third-order valence-electron chi connectivity index (χ3n) is 2.19. The highest BCUT2D eigenvalue weighted by atomic mass is 19.3. The first-order valence-electron chi connectivity index (χ1n) is 4.89. The van der Waals surface area contributed by atoms with Crippen LogP contribution in [0.1, 0.15) is 5.56 Å². The van der Waals surface area contributed by atoms with Gasteiger partial charge in [0.25, 0.3) is 12.1 Å². The number of alkyl halides is 2. The van der Waals surface area contributed by atoms with Crippen molar-refractivity contribution in [2.24, 2.45) is 0 Å². The van der Waals surface area contributed by atoms with Gasteiger partial charge in [-0.3, -0.25) is 15.0 Å². The van der Waals surface area contributed by atoms with Crippen LogP contribution in [0.25, 0.3) is 0 Å². The van der Waals surface area contributed by atoms with Crippen LogP contribution in [0.3, 0.4) is 0 Å². The van der Waals surface area contributed by atoms with E-state index in [1.54, 1.807) is 7.05 Å². The van der Waals surface area contributed by atoms with Crippen molar-refractivity contribution in [1.82, 2.24) is 4.90 Å². The molecule has 0 aliphatic carbocycles. The van der Waals surface area contributed by atoms with Crippen molar-refractivity contribution in [2.45, 2.75) is 13.0 Å². The number of nitrogens with two attached hydrogens (primary N) is 1. The lowest BCUT2D eigenvalue weighted by Gasteiger charge is -2.16.